The maximum absolute atomic E-state index is 13.8. The van der Waals surface area contributed by atoms with E-state index < -0.39 is 0 Å². The number of amidine groups is 1. The summed E-state index contributed by atoms with van der Waals surface area (Å²) >= 11 is 16.7. The molecule has 2 aliphatic rings. The van der Waals surface area contributed by atoms with E-state index in [2.05, 4.69) is 32.8 Å². The molecule has 2 aromatic rings. The van der Waals surface area contributed by atoms with E-state index in [4.69, 9.17) is 33.7 Å². The van der Waals surface area contributed by atoms with E-state index in [0.717, 1.165) is 5.56 Å². The molecular weight excluding hydrogens is 645 g/mol. The first kappa shape index (κ1) is 31.1. The molecule has 0 radical (unpaired) electrons. The minimum atomic E-state index is -0.350. The number of quaternary nitrogens is 1. The van der Waals surface area contributed by atoms with Gasteiger partial charge >= 0.3 is 5.91 Å². The number of hydrogen-bond acceptors (Lipinski definition) is 6. The van der Waals surface area contributed by atoms with Gasteiger partial charge in [-0.1, -0.05) is 41.9 Å². The van der Waals surface area contributed by atoms with Crippen LogP contribution in [-0.4, -0.2) is 41.6 Å². The topological polar surface area (TPSA) is 114 Å². The summed E-state index contributed by atoms with van der Waals surface area (Å²) in [4.78, 5) is 43.4. The number of benzene rings is 2. The van der Waals surface area contributed by atoms with Crippen molar-refractivity contribution in [1.82, 2.24) is 0 Å². The second-order valence-corrected chi connectivity index (χ2v) is 10.7. The SMILES string of the molecule is C=CC(=O)Nc1ccc(C=CC(=O)[N+]23C=CC=C(OCc4c(Cl)ccc(N(C)C(=O)CN)c4Cl)C2=NC(C)=C3Br)cc1. The van der Waals surface area contributed by atoms with Crippen LogP contribution in [0.3, 0.4) is 0 Å². The van der Waals surface area contributed by atoms with Gasteiger partial charge in [-0.05, 0) is 61.1 Å². The minimum Gasteiger partial charge on any atom is -0.481 e. The number of rotatable bonds is 9. The summed E-state index contributed by atoms with van der Waals surface area (Å²) in [7, 11) is 1.57. The van der Waals surface area contributed by atoms with Gasteiger partial charge < -0.3 is 20.7 Å². The largest absolute Gasteiger partial charge is 0.481 e. The van der Waals surface area contributed by atoms with E-state index in [1.165, 1.54) is 17.1 Å². The lowest BCUT2D eigenvalue weighted by atomic mass is 10.1. The van der Waals surface area contributed by atoms with E-state index in [9.17, 15) is 14.4 Å². The average Bonchev–Trinajstić information content (AvgIpc) is 3.26. The predicted octanol–water partition coefficient (Wildman–Crippen LogP) is 6.02. The molecule has 0 bridgehead atoms. The first-order valence-corrected chi connectivity index (χ1v) is 14.2. The van der Waals surface area contributed by atoms with Gasteiger partial charge in [-0.15, -0.1) is 4.48 Å². The van der Waals surface area contributed by atoms with Crippen molar-refractivity contribution >= 4 is 80.1 Å². The summed E-state index contributed by atoms with van der Waals surface area (Å²) in [6, 6.07) is 10.3. The van der Waals surface area contributed by atoms with Gasteiger partial charge in [0.1, 0.15) is 18.5 Å². The molecule has 2 aliphatic heterocycles. The summed E-state index contributed by atoms with van der Waals surface area (Å²) in [5.74, 6) is -0.225. The Morgan fingerprint density at radius 2 is 1.90 bits per heavy atom. The molecule has 1 unspecified atom stereocenters. The van der Waals surface area contributed by atoms with Gasteiger partial charge in [-0.3, -0.25) is 9.59 Å². The number of likely N-dealkylation sites (N-methyl/N-ethyl adjacent to an activating group) is 1. The van der Waals surface area contributed by atoms with Crippen LogP contribution in [0, 0.1) is 0 Å². The molecule has 9 nitrogen and oxygen atoms in total. The third-order valence-electron chi connectivity index (χ3n) is 6.57. The van der Waals surface area contributed by atoms with Gasteiger partial charge in [0.15, 0.2) is 0 Å². The Hall–Kier alpha value is -3.80. The monoisotopic (exact) mass is 670 g/mol. The van der Waals surface area contributed by atoms with E-state index in [0.29, 0.717) is 43.9 Å². The number of amides is 3. The summed E-state index contributed by atoms with van der Waals surface area (Å²) in [5, 5.41) is 3.28. The molecule has 0 aliphatic carbocycles. The molecule has 1 atom stereocenters. The van der Waals surface area contributed by atoms with Crippen molar-refractivity contribution in [3.63, 3.8) is 0 Å². The number of halogens is 3. The van der Waals surface area contributed by atoms with Crippen molar-refractivity contribution in [2.45, 2.75) is 13.5 Å². The predicted molar refractivity (Wildman–Crippen MR) is 170 cm³/mol. The molecule has 42 heavy (non-hydrogen) atoms. The highest BCUT2D eigenvalue weighted by molar-refractivity contribution is 9.11. The molecular formula is C30H27BrCl2N5O4+. The van der Waals surface area contributed by atoms with Crippen LogP contribution in [0.2, 0.25) is 10.0 Å². The molecule has 12 heteroatoms. The van der Waals surface area contributed by atoms with E-state index >= 15 is 0 Å². The van der Waals surface area contributed by atoms with Crippen molar-refractivity contribution in [3.05, 3.63) is 111 Å². The average molecular weight is 672 g/mol. The number of carbonyl (C=O) groups excluding carboxylic acids is 3. The number of anilines is 2. The number of nitrogens with two attached hydrogens (primary N) is 1. The second kappa shape index (κ2) is 13.0. The highest BCUT2D eigenvalue weighted by Crippen LogP contribution is 2.41. The van der Waals surface area contributed by atoms with Crippen molar-refractivity contribution < 1.29 is 23.6 Å². The number of ether oxygens (including phenoxy) is 1. The zero-order valence-electron chi connectivity index (χ0n) is 22.7. The van der Waals surface area contributed by atoms with E-state index in [1.54, 1.807) is 74.8 Å². The fourth-order valence-corrected chi connectivity index (χ4v) is 5.43. The second-order valence-electron chi connectivity index (χ2n) is 9.20. The van der Waals surface area contributed by atoms with Crippen molar-refractivity contribution in [1.29, 1.82) is 0 Å². The Bertz CT molecular complexity index is 1630. The van der Waals surface area contributed by atoms with Gasteiger partial charge in [0.2, 0.25) is 22.2 Å². The number of aliphatic imine (C=N–C) groups is 1. The lowest BCUT2D eigenvalue weighted by Gasteiger charge is -2.29. The fraction of sp³-hybridized carbons (Fsp3) is 0.133. The molecule has 2 heterocycles. The van der Waals surface area contributed by atoms with Crippen LogP contribution < -0.4 is 16.0 Å². The Balaban J connectivity index is 1.57. The third-order valence-corrected chi connectivity index (χ3v) is 8.48. The highest BCUT2D eigenvalue weighted by atomic mass is 79.9. The number of allylic oxidation sites excluding steroid dienone is 3. The highest BCUT2D eigenvalue weighted by Gasteiger charge is 2.51. The molecule has 216 valence electrons. The summed E-state index contributed by atoms with van der Waals surface area (Å²) in [6.45, 7) is 5.00. The van der Waals surface area contributed by atoms with Crippen LogP contribution in [0.15, 0.2) is 94.5 Å². The molecule has 0 aromatic heterocycles. The number of carbonyl (C=O) groups is 3. The smallest absolute Gasteiger partial charge is 0.355 e. The van der Waals surface area contributed by atoms with Crippen molar-refractivity contribution in [2.24, 2.45) is 10.7 Å². The number of nitrogens with zero attached hydrogens (tertiary/aromatic N) is 3. The standard InChI is InChI=1S/C30H26BrCl2N5O4/c1-4-25(39)36-20-10-7-19(8-11-20)9-14-27(41)38-15-5-6-24(30(38)35-18(2)29(38)31)42-17-21-22(32)12-13-23(28(21)33)37(3)26(40)16-34/h4-15H,1,16-17,34H2,2-3H3/p+1. The van der Waals surface area contributed by atoms with Crippen LogP contribution in [0.5, 0.6) is 0 Å². The van der Waals surface area contributed by atoms with E-state index in [-0.39, 0.29) is 40.4 Å². The molecule has 0 fully saturated rings. The number of hydrogen-bond donors (Lipinski definition) is 2. The minimum absolute atomic E-state index is 0.0513. The number of nitrogens with one attached hydrogen (secondary N) is 1. The first-order chi connectivity index (χ1) is 20.0. The maximum Gasteiger partial charge on any atom is 0.355 e. The molecule has 3 N–H and O–H groups in total. The van der Waals surface area contributed by atoms with Crippen molar-refractivity contribution in [3.8, 4) is 0 Å². The lowest BCUT2D eigenvalue weighted by molar-refractivity contribution is -0.647. The Morgan fingerprint density at radius 1 is 1.19 bits per heavy atom. The normalized spacial score (nSPS) is 17.5. The van der Waals surface area contributed by atoms with Crippen LogP contribution in [-0.2, 0) is 25.7 Å². The first-order valence-electron chi connectivity index (χ1n) is 12.6. The Kier molecular flexibility index (Phi) is 9.65. The molecule has 0 saturated carbocycles. The Labute approximate surface area is 261 Å². The molecule has 4 rings (SSSR count). The molecule has 2 aromatic carbocycles. The molecule has 0 saturated heterocycles. The van der Waals surface area contributed by atoms with Crippen molar-refractivity contribution in [2.75, 3.05) is 23.8 Å². The van der Waals surface area contributed by atoms with Crippen LogP contribution >= 0.6 is 39.1 Å². The van der Waals surface area contributed by atoms with E-state index in [1.807, 2.05) is 0 Å². The summed E-state index contributed by atoms with van der Waals surface area (Å²) in [6.07, 6.45) is 9.45. The van der Waals surface area contributed by atoms with Gasteiger partial charge in [-0.25, -0.2) is 4.79 Å². The summed E-state index contributed by atoms with van der Waals surface area (Å²) < 4.78 is 6.35. The van der Waals surface area contributed by atoms with Crippen LogP contribution in [0.4, 0.5) is 11.4 Å². The maximum atomic E-state index is 13.8. The van der Waals surface area contributed by atoms with Crippen LogP contribution in [0.1, 0.15) is 18.1 Å². The van der Waals surface area contributed by atoms with Gasteiger partial charge in [0, 0.05) is 45.3 Å². The quantitative estimate of drug-likeness (QED) is 0.192. The summed E-state index contributed by atoms with van der Waals surface area (Å²) in [5.41, 5.74) is 8.37. The van der Waals surface area contributed by atoms with Gasteiger partial charge in [0.05, 0.1) is 17.3 Å². The number of fused-ring (bicyclic) bond motifs is 1. The third kappa shape index (κ3) is 6.04. The molecule has 3 amide bonds. The zero-order chi connectivity index (χ0) is 30.6. The zero-order valence-corrected chi connectivity index (χ0v) is 25.8. The van der Waals surface area contributed by atoms with Gasteiger partial charge in [-0.2, -0.15) is 4.99 Å². The van der Waals surface area contributed by atoms with Crippen LogP contribution in [0.25, 0.3) is 6.08 Å². The fourth-order valence-electron chi connectivity index (χ4n) is 4.27. The Morgan fingerprint density at radius 3 is 2.57 bits per heavy atom. The van der Waals surface area contributed by atoms with Gasteiger partial charge in [0.25, 0.3) is 5.84 Å². The lowest BCUT2D eigenvalue weighted by Crippen LogP contribution is -2.50. The molecule has 0 spiro atoms.